The van der Waals surface area contributed by atoms with Crippen LogP contribution in [0.3, 0.4) is 0 Å². The Morgan fingerprint density at radius 2 is 2.05 bits per heavy atom. The summed E-state index contributed by atoms with van der Waals surface area (Å²) in [5.41, 5.74) is 3.47. The summed E-state index contributed by atoms with van der Waals surface area (Å²) in [5.74, 6) is -0.266. The molecule has 0 spiro atoms. The predicted molar refractivity (Wildman–Crippen MR) is 76.4 cm³/mol. The Bertz CT molecular complexity index is 656. The van der Waals surface area contributed by atoms with Crippen LogP contribution in [0.5, 0.6) is 0 Å². The van der Waals surface area contributed by atoms with Gasteiger partial charge in [-0.1, -0.05) is 23.7 Å². The molecule has 0 fully saturated rings. The fourth-order valence-electron chi connectivity index (χ4n) is 2.52. The van der Waals surface area contributed by atoms with Gasteiger partial charge in [0, 0.05) is 17.8 Å². The number of carbonyl (C=O) groups is 1. The summed E-state index contributed by atoms with van der Waals surface area (Å²) in [6.45, 7) is 0.617. The second-order valence-electron chi connectivity index (χ2n) is 4.85. The fourth-order valence-corrected chi connectivity index (χ4v) is 2.52. The van der Waals surface area contributed by atoms with Crippen LogP contribution < -0.4 is 10.4 Å². The van der Waals surface area contributed by atoms with Crippen molar-refractivity contribution in [2.45, 2.75) is 6.42 Å². The van der Waals surface area contributed by atoms with Crippen LogP contribution in [0.1, 0.15) is 15.9 Å². The molecule has 0 saturated carbocycles. The maximum Gasteiger partial charge on any atom is 0.258 e. The van der Waals surface area contributed by atoms with E-state index in [4.69, 9.17) is 0 Å². The minimum Gasteiger partial charge on any atom is -0.308 e. The van der Waals surface area contributed by atoms with E-state index in [0.717, 1.165) is 16.7 Å². The van der Waals surface area contributed by atoms with E-state index in [1.54, 1.807) is 11.0 Å². The number of amides is 1. The highest BCUT2D eigenvalue weighted by Gasteiger charge is 2.25. The number of rotatable bonds is 1. The lowest BCUT2D eigenvalue weighted by molar-refractivity contribution is 0.0989. The molecule has 2 nitrogen and oxygen atoms in total. The molecule has 0 N–H and O–H groups in total. The van der Waals surface area contributed by atoms with Crippen molar-refractivity contribution in [2.24, 2.45) is 0 Å². The molecule has 0 aliphatic carbocycles. The van der Waals surface area contributed by atoms with Gasteiger partial charge < -0.3 is 4.90 Å². The molecule has 0 atom stereocenters. The zero-order valence-electron chi connectivity index (χ0n) is 10.7. The van der Waals surface area contributed by atoms with E-state index in [0.29, 0.717) is 18.5 Å². The highest BCUT2D eigenvalue weighted by molar-refractivity contribution is 6.32. The Morgan fingerprint density at radius 1 is 1.21 bits per heavy atom. The average Bonchev–Trinajstić information content (AvgIpc) is 2.80. The molecule has 2 aromatic rings. The maximum atomic E-state index is 13.2. The summed E-state index contributed by atoms with van der Waals surface area (Å²) >= 11 is 0. The number of nitrogens with zero attached hydrogens (tertiary/aromatic N) is 1. The van der Waals surface area contributed by atoms with Crippen molar-refractivity contribution in [3.63, 3.8) is 0 Å². The standard InChI is InChI=1S/C15H13BFNO/c16-12-3-1-2-11(8-12)15(19)18-7-6-10-9-13(17)4-5-14(10)18/h1-5,8-9H,6-7,16H2. The number of halogens is 1. The molecular weight excluding hydrogens is 240 g/mol. The third-order valence-electron chi connectivity index (χ3n) is 3.45. The number of hydrogen-bond donors (Lipinski definition) is 0. The predicted octanol–water partition coefficient (Wildman–Crippen LogP) is 1.29. The summed E-state index contributed by atoms with van der Waals surface area (Å²) < 4.78 is 13.2. The quantitative estimate of drug-likeness (QED) is 0.701. The van der Waals surface area contributed by atoms with Gasteiger partial charge in [0.15, 0.2) is 0 Å². The highest BCUT2D eigenvalue weighted by Crippen LogP contribution is 2.29. The molecule has 1 amide bonds. The van der Waals surface area contributed by atoms with E-state index in [1.165, 1.54) is 12.1 Å². The fraction of sp³-hybridized carbons (Fsp3) is 0.133. The second-order valence-corrected chi connectivity index (χ2v) is 4.85. The van der Waals surface area contributed by atoms with Crippen molar-refractivity contribution in [3.05, 3.63) is 59.4 Å². The van der Waals surface area contributed by atoms with E-state index in [1.807, 2.05) is 32.1 Å². The number of carbonyl (C=O) groups excluding carboxylic acids is 1. The normalized spacial score (nSPS) is 13.4. The number of benzene rings is 2. The van der Waals surface area contributed by atoms with Gasteiger partial charge in [-0.15, -0.1) is 0 Å². The molecule has 0 aromatic heterocycles. The highest BCUT2D eigenvalue weighted by atomic mass is 19.1. The molecule has 94 valence electrons. The van der Waals surface area contributed by atoms with Gasteiger partial charge in [0.2, 0.25) is 0 Å². The van der Waals surface area contributed by atoms with E-state index in [9.17, 15) is 9.18 Å². The second kappa shape index (κ2) is 4.54. The average molecular weight is 253 g/mol. The molecular formula is C15H13BFNO. The zero-order valence-corrected chi connectivity index (χ0v) is 10.7. The van der Waals surface area contributed by atoms with Gasteiger partial charge in [-0.25, -0.2) is 4.39 Å². The molecule has 0 bridgehead atoms. The molecule has 1 aliphatic rings. The van der Waals surface area contributed by atoms with Crippen LogP contribution in [0.15, 0.2) is 42.5 Å². The first-order valence-electron chi connectivity index (χ1n) is 6.32. The van der Waals surface area contributed by atoms with Gasteiger partial charge in [-0.3, -0.25) is 4.79 Å². The summed E-state index contributed by atoms with van der Waals surface area (Å²) in [6.07, 6.45) is 0.713. The number of fused-ring (bicyclic) bond motifs is 1. The largest absolute Gasteiger partial charge is 0.308 e. The first kappa shape index (κ1) is 12.0. The minimum absolute atomic E-state index is 0.0194. The Balaban J connectivity index is 1.95. The minimum atomic E-state index is -0.247. The topological polar surface area (TPSA) is 20.3 Å². The van der Waals surface area contributed by atoms with E-state index >= 15 is 0 Å². The summed E-state index contributed by atoms with van der Waals surface area (Å²) in [7, 11) is 1.96. The van der Waals surface area contributed by atoms with Crippen molar-refractivity contribution in [1.29, 1.82) is 0 Å². The number of hydrogen-bond acceptors (Lipinski definition) is 1. The molecule has 3 rings (SSSR count). The van der Waals surface area contributed by atoms with Crippen molar-refractivity contribution < 1.29 is 9.18 Å². The van der Waals surface area contributed by atoms with E-state index in [-0.39, 0.29) is 11.7 Å². The van der Waals surface area contributed by atoms with Crippen molar-refractivity contribution in [2.75, 3.05) is 11.4 Å². The Kier molecular flexibility index (Phi) is 2.86. The van der Waals surface area contributed by atoms with Crippen LogP contribution in [0, 0.1) is 5.82 Å². The van der Waals surface area contributed by atoms with Gasteiger partial charge in [0.25, 0.3) is 5.91 Å². The van der Waals surface area contributed by atoms with Gasteiger partial charge in [0.05, 0.1) is 0 Å². The lowest BCUT2D eigenvalue weighted by Crippen LogP contribution is -2.29. The van der Waals surface area contributed by atoms with E-state index in [2.05, 4.69) is 0 Å². The van der Waals surface area contributed by atoms with Gasteiger partial charge >= 0.3 is 0 Å². The van der Waals surface area contributed by atoms with Crippen LogP contribution in [-0.2, 0) is 6.42 Å². The van der Waals surface area contributed by atoms with Crippen LogP contribution in [-0.4, -0.2) is 20.3 Å². The Hall–Kier alpha value is -2.10. The van der Waals surface area contributed by atoms with Crippen LogP contribution >= 0.6 is 0 Å². The first-order valence-corrected chi connectivity index (χ1v) is 6.32. The van der Waals surface area contributed by atoms with Crippen LogP contribution in [0.4, 0.5) is 10.1 Å². The third kappa shape index (κ3) is 2.14. The number of anilines is 1. The van der Waals surface area contributed by atoms with Crippen LogP contribution in [0.2, 0.25) is 0 Å². The van der Waals surface area contributed by atoms with Crippen molar-refractivity contribution >= 4 is 24.9 Å². The molecule has 0 radical (unpaired) electrons. The van der Waals surface area contributed by atoms with Crippen molar-refractivity contribution in [1.82, 2.24) is 0 Å². The van der Waals surface area contributed by atoms with Gasteiger partial charge in [-0.05, 0) is 36.2 Å². The summed E-state index contributed by atoms with van der Waals surface area (Å²) in [6, 6.07) is 12.1. The monoisotopic (exact) mass is 253 g/mol. The van der Waals surface area contributed by atoms with E-state index < -0.39 is 0 Å². The Morgan fingerprint density at radius 3 is 2.84 bits per heavy atom. The van der Waals surface area contributed by atoms with Gasteiger partial charge in [-0.2, -0.15) is 0 Å². The molecule has 4 heteroatoms. The smallest absolute Gasteiger partial charge is 0.258 e. The Labute approximate surface area is 112 Å². The van der Waals surface area contributed by atoms with Crippen LogP contribution in [0.25, 0.3) is 0 Å². The third-order valence-corrected chi connectivity index (χ3v) is 3.45. The molecule has 0 saturated heterocycles. The zero-order chi connectivity index (χ0) is 13.4. The SMILES string of the molecule is Bc1cccc(C(=O)N2CCc3cc(F)ccc32)c1. The maximum absolute atomic E-state index is 13.2. The first-order chi connectivity index (χ1) is 9.15. The molecule has 2 aromatic carbocycles. The van der Waals surface area contributed by atoms with Crippen molar-refractivity contribution in [3.8, 4) is 0 Å². The molecule has 19 heavy (non-hydrogen) atoms. The van der Waals surface area contributed by atoms with Gasteiger partial charge in [0.1, 0.15) is 13.7 Å². The molecule has 1 heterocycles. The summed E-state index contributed by atoms with van der Waals surface area (Å²) in [5, 5.41) is 0. The lowest BCUT2D eigenvalue weighted by atomic mass is 9.94. The molecule has 1 aliphatic heterocycles. The summed E-state index contributed by atoms with van der Waals surface area (Å²) in [4.78, 5) is 14.2. The molecule has 0 unspecified atom stereocenters. The lowest BCUT2D eigenvalue weighted by Gasteiger charge is -2.17.